The van der Waals surface area contributed by atoms with Crippen LogP contribution in [-0.2, 0) is 14.4 Å². The number of hydrogen-bond donors (Lipinski definition) is 2. The molecule has 0 saturated heterocycles. The van der Waals surface area contributed by atoms with Gasteiger partial charge in [-0.1, -0.05) is 30.0 Å². The number of carbonyl (C=O) groups excluding carboxylic acids is 1. The number of hydrogen-bond acceptors (Lipinski definition) is 5. The van der Waals surface area contributed by atoms with E-state index in [9.17, 15) is 14.4 Å². The van der Waals surface area contributed by atoms with Crippen molar-refractivity contribution in [3.05, 3.63) is 30.3 Å². The van der Waals surface area contributed by atoms with Gasteiger partial charge in [-0.25, -0.2) is 0 Å². The summed E-state index contributed by atoms with van der Waals surface area (Å²) < 4.78 is 0. The predicted molar refractivity (Wildman–Crippen MR) is 73.4 cm³/mol. The van der Waals surface area contributed by atoms with E-state index in [4.69, 9.17) is 10.2 Å². The maximum absolute atomic E-state index is 11.6. The van der Waals surface area contributed by atoms with Crippen LogP contribution in [0.4, 0.5) is 0 Å². The Kier molecular flexibility index (Phi) is 6.44. The zero-order chi connectivity index (χ0) is 14.3. The third kappa shape index (κ3) is 6.30. The lowest BCUT2D eigenvalue weighted by Crippen LogP contribution is -2.22. The quantitative estimate of drug-likeness (QED) is 0.744. The normalized spacial score (nSPS) is 11.8. The molecule has 102 valence electrons. The molecule has 1 aromatic rings. The second-order valence-corrected chi connectivity index (χ2v) is 5.83. The van der Waals surface area contributed by atoms with Crippen LogP contribution < -0.4 is 0 Å². The van der Waals surface area contributed by atoms with Gasteiger partial charge in [0, 0.05) is 4.90 Å². The zero-order valence-electron chi connectivity index (χ0n) is 9.81. The maximum Gasteiger partial charge on any atom is 0.317 e. The van der Waals surface area contributed by atoms with Gasteiger partial charge in [0.2, 0.25) is 0 Å². The first-order chi connectivity index (χ1) is 8.99. The summed E-state index contributed by atoms with van der Waals surface area (Å²) in [5.74, 6) is -2.41. The molecule has 0 saturated carbocycles. The van der Waals surface area contributed by atoms with E-state index in [1.807, 2.05) is 30.3 Å². The van der Waals surface area contributed by atoms with Crippen LogP contribution in [0.5, 0.6) is 0 Å². The van der Waals surface area contributed by atoms with Gasteiger partial charge in [-0.05, 0) is 12.1 Å². The van der Waals surface area contributed by atoms with Gasteiger partial charge in [0.1, 0.15) is 5.25 Å². The molecule has 0 heterocycles. The number of carbonyl (C=O) groups is 3. The van der Waals surface area contributed by atoms with Gasteiger partial charge in [0.15, 0.2) is 5.12 Å². The number of carboxylic acid groups (broad SMARTS) is 2. The predicted octanol–water partition coefficient (Wildman–Crippen LogP) is 1.97. The van der Waals surface area contributed by atoms with Gasteiger partial charge in [0.05, 0.1) is 12.2 Å². The third-order valence-electron chi connectivity index (χ3n) is 2.01. The van der Waals surface area contributed by atoms with Crippen molar-refractivity contribution in [3.8, 4) is 0 Å². The summed E-state index contributed by atoms with van der Waals surface area (Å²) in [6.07, 6.45) is -0.568. The summed E-state index contributed by atoms with van der Waals surface area (Å²) in [6, 6.07) is 9.21. The highest BCUT2D eigenvalue weighted by atomic mass is 32.2. The Morgan fingerprint density at radius 2 is 1.74 bits per heavy atom. The number of aliphatic carboxylic acids is 2. The molecule has 0 aliphatic carbocycles. The minimum absolute atomic E-state index is 0.109. The molecule has 1 rings (SSSR count). The highest BCUT2D eigenvalue weighted by molar-refractivity contribution is 8.16. The van der Waals surface area contributed by atoms with E-state index in [0.29, 0.717) is 11.8 Å². The van der Waals surface area contributed by atoms with Crippen LogP contribution in [0.3, 0.4) is 0 Å². The van der Waals surface area contributed by atoms with Gasteiger partial charge in [-0.3, -0.25) is 14.4 Å². The van der Waals surface area contributed by atoms with Gasteiger partial charge in [-0.15, -0.1) is 11.8 Å². The van der Waals surface area contributed by atoms with E-state index >= 15 is 0 Å². The molecule has 0 aromatic heterocycles. The van der Waals surface area contributed by atoms with Crippen molar-refractivity contribution < 1.29 is 24.6 Å². The lowest BCUT2D eigenvalue weighted by Gasteiger charge is -2.08. The van der Waals surface area contributed by atoms with Crippen molar-refractivity contribution >= 4 is 40.6 Å². The molecule has 0 fully saturated rings. The largest absolute Gasteiger partial charge is 0.481 e. The Morgan fingerprint density at radius 1 is 1.11 bits per heavy atom. The highest BCUT2D eigenvalue weighted by Crippen LogP contribution is 2.23. The molecular formula is C12H12O5S2. The summed E-state index contributed by atoms with van der Waals surface area (Å²) >= 11 is 1.85. The van der Waals surface area contributed by atoms with Crippen molar-refractivity contribution in [3.63, 3.8) is 0 Å². The first-order valence-electron chi connectivity index (χ1n) is 5.31. The Morgan fingerprint density at radius 3 is 2.26 bits per heavy atom. The molecule has 19 heavy (non-hydrogen) atoms. The molecule has 7 heteroatoms. The maximum atomic E-state index is 11.6. The number of rotatable bonds is 7. The van der Waals surface area contributed by atoms with E-state index in [2.05, 4.69) is 0 Å². The van der Waals surface area contributed by atoms with Crippen LogP contribution in [0, 0.1) is 0 Å². The summed E-state index contributed by atoms with van der Waals surface area (Å²) in [4.78, 5) is 33.8. The lowest BCUT2D eigenvalue weighted by molar-refractivity contribution is -0.143. The minimum atomic E-state index is -1.29. The first kappa shape index (κ1) is 15.6. The zero-order valence-corrected chi connectivity index (χ0v) is 11.4. The van der Waals surface area contributed by atoms with Crippen LogP contribution in [0.25, 0.3) is 0 Å². The topological polar surface area (TPSA) is 91.7 Å². The fraction of sp³-hybridized carbons (Fsp3) is 0.250. The van der Waals surface area contributed by atoms with E-state index < -0.39 is 23.6 Å². The molecule has 0 spiro atoms. The van der Waals surface area contributed by atoms with E-state index in [0.717, 1.165) is 4.90 Å². The van der Waals surface area contributed by atoms with Crippen LogP contribution in [0.15, 0.2) is 35.2 Å². The van der Waals surface area contributed by atoms with E-state index in [1.54, 1.807) is 0 Å². The van der Waals surface area contributed by atoms with Gasteiger partial charge in [0.25, 0.3) is 0 Å². The first-order valence-corrected chi connectivity index (χ1v) is 7.17. The Balaban J connectivity index is 2.45. The monoisotopic (exact) mass is 300 g/mol. The summed E-state index contributed by atoms with van der Waals surface area (Å²) in [7, 11) is 0. The molecule has 1 atom stereocenters. The van der Waals surface area contributed by atoms with Crippen molar-refractivity contribution in [2.24, 2.45) is 0 Å². The molecule has 1 unspecified atom stereocenters. The molecule has 0 aliphatic heterocycles. The molecule has 1 aromatic carbocycles. The van der Waals surface area contributed by atoms with Crippen molar-refractivity contribution in [1.82, 2.24) is 0 Å². The van der Waals surface area contributed by atoms with Crippen LogP contribution >= 0.6 is 23.5 Å². The average Bonchev–Trinajstić information content (AvgIpc) is 2.36. The van der Waals surface area contributed by atoms with Crippen LogP contribution in [0.1, 0.15) is 6.42 Å². The minimum Gasteiger partial charge on any atom is -0.481 e. The molecule has 5 nitrogen and oxygen atoms in total. The van der Waals surface area contributed by atoms with Crippen molar-refractivity contribution in [2.75, 3.05) is 5.75 Å². The van der Waals surface area contributed by atoms with Crippen molar-refractivity contribution in [1.29, 1.82) is 0 Å². The second kappa shape index (κ2) is 7.85. The van der Waals surface area contributed by atoms with Gasteiger partial charge >= 0.3 is 11.9 Å². The number of thioether (sulfide) groups is 2. The SMILES string of the molecule is O=C(O)CC(SC(=O)CSc1ccccc1)C(=O)O. The second-order valence-electron chi connectivity index (χ2n) is 3.52. The Hall–Kier alpha value is -1.47. The Bertz CT molecular complexity index is 460. The molecule has 0 radical (unpaired) electrons. The smallest absolute Gasteiger partial charge is 0.317 e. The van der Waals surface area contributed by atoms with Crippen LogP contribution in [0.2, 0.25) is 0 Å². The summed E-state index contributed by atoms with van der Waals surface area (Å²) in [5, 5.41) is 15.8. The fourth-order valence-electron chi connectivity index (χ4n) is 1.19. The van der Waals surface area contributed by atoms with Gasteiger partial charge < -0.3 is 10.2 Å². The van der Waals surface area contributed by atoms with E-state index in [1.165, 1.54) is 11.8 Å². The summed E-state index contributed by atoms with van der Waals surface area (Å²) in [6.45, 7) is 0. The summed E-state index contributed by atoms with van der Waals surface area (Å²) in [5.41, 5.74) is 0. The van der Waals surface area contributed by atoms with Crippen LogP contribution in [-0.4, -0.2) is 38.3 Å². The standard InChI is InChI=1S/C12H12O5S2/c13-10(14)6-9(12(16)17)19-11(15)7-18-8-4-2-1-3-5-8/h1-5,9H,6-7H2,(H,13,14)(H,16,17). The molecule has 0 bridgehead atoms. The van der Waals surface area contributed by atoms with E-state index in [-0.39, 0.29) is 10.9 Å². The third-order valence-corrected chi connectivity index (χ3v) is 4.26. The van der Waals surface area contributed by atoms with Gasteiger partial charge in [-0.2, -0.15) is 0 Å². The molecule has 0 aliphatic rings. The lowest BCUT2D eigenvalue weighted by atomic mass is 10.3. The number of carboxylic acids is 2. The molecule has 2 N–H and O–H groups in total. The average molecular weight is 300 g/mol. The molecular weight excluding hydrogens is 288 g/mol. The number of benzene rings is 1. The Labute approximate surface area is 118 Å². The van der Waals surface area contributed by atoms with Crippen molar-refractivity contribution in [2.45, 2.75) is 16.6 Å². The molecule has 0 amide bonds. The highest BCUT2D eigenvalue weighted by Gasteiger charge is 2.24. The fourth-order valence-corrected chi connectivity index (χ4v) is 2.92.